The lowest BCUT2D eigenvalue weighted by Crippen LogP contribution is -1.96. The monoisotopic (exact) mass is 324 g/mol. The van der Waals surface area contributed by atoms with Crippen LogP contribution < -0.4 is 0 Å². The van der Waals surface area contributed by atoms with Gasteiger partial charge in [-0.25, -0.2) is 15.0 Å². The highest BCUT2D eigenvalue weighted by molar-refractivity contribution is 6.40. The first-order valence-electron chi connectivity index (χ1n) is 5.64. The fourth-order valence-electron chi connectivity index (χ4n) is 1.79. The summed E-state index contributed by atoms with van der Waals surface area (Å²) in [5.41, 5.74) is 1.20. The molecule has 3 rings (SSSR count). The number of aromatic amines is 1. The van der Waals surface area contributed by atoms with E-state index < -0.39 is 0 Å². The highest BCUT2D eigenvalue weighted by Gasteiger charge is 2.17. The van der Waals surface area contributed by atoms with Gasteiger partial charge in [-0.2, -0.15) is 0 Å². The van der Waals surface area contributed by atoms with Crippen LogP contribution in [-0.4, -0.2) is 19.9 Å². The van der Waals surface area contributed by atoms with Gasteiger partial charge in [0.1, 0.15) is 10.3 Å². The molecule has 2 heterocycles. The molecule has 0 aliphatic rings. The van der Waals surface area contributed by atoms with Gasteiger partial charge in [0.2, 0.25) is 0 Å². The van der Waals surface area contributed by atoms with Crippen LogP contribution in [0.2, 0.25) is 15.3 Å². The number of halogens is 3. The number of H-pyrrole nitrogens is 1. The fourth-order valence-corrected chi connectivity index (χ4v) is 2.61. The van der Waals surface area contributed by atoms with E-state index in [1.54, 1.807) is 18.5 Å². The Labute approximate surface area is 129 Å². The van der Waals surface area contributed by atoms with Gasteiger partial charge in [-0.3, -0.25) is 0 Å². The number of rotatable bonds is 2. The van der Waals surface area contributed by atoms with Crippen LogP contribution in [0.1, 0.15) is 0 Å². The second-order valence-corrected chi connectivity index (χ2v) is 5.04. The summed E-state index contributed by atoms with van der Waals surface area (Å²) in [6, 6.07) is 7.23. The number of nitrogens with zero attached hydrogens (tertiary/aromatic N) is 3. The van der Waals surface area contributed by atoms with Crippen molar-refractivity contribution in [3.05, 3.63) is 52.0 Å². The van der Waals surface area contributed by atoms with Gasteiger partial charge in [-0.05, 0) is 6.07 Å². The first-order chi connectivity index (χ1) is 9.66. The Morgan fingerprint density at radius 3 is 2.25 bits per heavy atom. The summed E-state index contributed by atoms with van der Waals surface area (Å²) < 4.78 is 0. The van der Waals surface area contributed by atoms with E-state index in [4.69, 9.17) is 34.8 Å². The Balaban J connectivity index is 2.17. The van der Waals surface area contributed by atoms with E-state index in [1.807, 2.05) is 18.2 Å². The summed E-state index contributed by atoms with van der Waals surface area (Å²) in [5.74, 6) is 0.834. The van der Waals surface area contributed by atoms with Gasteiger partial charge in [-0.15, -0.1) is 0 Å². The lowest BCUT2D eigenvalue weighted by Gasteiger charge is -2.09. The van der Waals surface area contributed by atoms with E-state index in [1.165, 1.54) is 0 Å². The summed E-state index contributed by atoms with van der Waals surface area (Å²) in [5, 5.41) is 0.986. The molecular weight excluding hydrogens is 319 g/mol. The Kier molecular flexibility index (Phi) is 3.61. The molecule has 0 aliphatic carbocycles. The molecule has 0 aliphatic heterocycles. The van der Waals surface area contributed by atoms with E-state index >= 15 is 0 Å². The molecule has 20 heavy (non-hydrogen) atoms. The number of hydrogen-bond acceptors (Lipinski definition) is 3. The summed E-state index contributed by atoms with van der Waals surface area (Å²) in [7, 11) is 0. The van der Waals surface area contributed by atoms with Crippen molar-refractivity contribution in [2.45, 2.75) is 0 Å². The normalized spacial score (nSPS) is 10.8. The SMILES string of the molecule is Clc1ccccc1-c1c(Cl)nc(-c2ncc[nH]2)nc1Cl. The molecule has 4 nitrogen and oxygen atoms in total. The lowest BCUT2D eigenvalue weighted by molar-refractivity contribution is 1.12. The third-order valence-corrected chi connectivity index (χ3v) is 3.55. The van der Waals surface area contributed by atoms with E-state index in [0.29, 0.717) is 27.8 Å². The topological polar surface area (TPSA) is 54.5 Å². The van der Waals surface area contributed by atoms with Crippen molar-refractivity contribution < 1.29 is 0 Å². The first kappa shape index (κ1) is 13.4. The van der Waals surface area contributed by atoms with Gasteiger partial charge < -0.3 is 4.98 Å². The van der Waals surface area contributed by atoms with E-state index in [9.17, 15) is 0 Å². The zero-order valence-corrected chi connectivity index (χ0v) is 12.2. The zero-order valence-electron chi connectivity index (χ0n) is 9.94. The van der Waals surface area contributed by atoms with Crippen molar-refractivity contribution in [1.29, 1.82) is 0 Å². The number of imidazole rings is 1. The van der Waals surface area contributed by atoms with Crippen LogP contribution in [0.25, 0.3) is 22.8 Å². The molecular formula is C13H7Cl3N4. The van der Waals surface area contributed by atoms with Gasteiger partial charge >= 0.3 is 0 Å². The predicted octanol–water partition coefficient (Wildman–Crippen LogP) is 4.49. The average molecular weight is 326 g/mol. The number of aromatic nitrogens is 4. The smallest absolute Gasteiger partial charge is 0.198 e. The molecule has 0 bridgehead atoms. The molecule has 2 aromatic heterocycles. The molecule has 1 aromatic carbocycles. The summed E-state index contributed by atoms with van der Waals surface area (Å²) in [6.45, 7) is 0. The molecule has 100 valence electrons. The van der Waals surface area contributed by atoms with Gasteiger partial charge in [0.15, 0.2) is 11.6 Å². The Bertz CT molecular complexity index is 733. The fraction of sp³-hybridized carbons (Fsp3) is 0. The van der Waals surface area contributed by atoms with Crippen LogP contribution in [-0.2, 0) is 0 Å². The molecule has 1 N–H and O–H groups in total. The minimum absolute atomic E-state index is 0.226. The molecule has 0 saturated carbocycles. The minimum Gasteiger partial charge on any atom is -0.342 e. The molecule has 0 unspecified atom stereocenters. The quantitative estimate of drug-likeness (QED) is 0.706. The first-order valence-corrected chi connectivity index (χ1v) is 6.78. The molecule has 0 radical (unpaired) electrons. The van der Waals surface area contributed by atoms with E-state index in [2.05, 4.69) is 19.9 Å². The molecule has 0 spiro atoms. The maximum Gasteiger partial charge on any atom is 0.198 e. The van der Waals surface area contributed by atoms with Crippen molar-refractivity contribution in [2.24, 2.45) is 0 Å². The summed E-state index contributed by atoms with van der Waals surface area (Å²) in [4.78, 5) is 15.4. The number of hydrogen-bond donors (Lipinski definition) is 1. The van der Waals surface area contributed by atoms with Crippen molar-refractivity contribution in [1.82, 2.24) is 19.9 Å². The van der Waals surface area contributed by atoms with E-state index in [0.717, 1.165) is 0 Å². The second kappa shape index (κ2) is 5.40. The van der Waals surface area contributed by atoms with Crippen molar-refractivity contribution in [3.8, 4) is 22.8 Å². The molecule has 3 aromatic rings. The second-order valence-electron chi connectivity index (χ2n) is 3.92. The Morgan fingerprint density at radius 1 is 0.950 bits per heavy atom. The Hall–Kier alpha value is -1.62. The molecule has 0 fully saturated rings. The van der Waals surface area contributed by atoms with Crippen molar-refractivity contribution >= 4 is 34.8 Å². The molecule has 0 amide bonds. The summed E-state index contributed by atoms with van der Waals surface area (Å²) in [6.07, 6.45) is 3.27. The zero-order chi connectivity index (χ0) is 14.1. The highest BCUT2D eigenvalue weighted by atomic mass is 35.5. The van der Waals surface area contributed by atoms with Gasteiger partial charge in [0.05, 0.1) is 5.56 Å². The van der Waals surface area contributed by atoms with Gasteiger partial charge in [0, 0.05) is 23.0 Å². The van der Waals surface area contributed by atoms with Crippen LogP contribution in [0.15, 0.2) is 36.7 Å². The van der Waals surface area contributed by atoms with Crippen LogP contribution in [0.5, 0.6) is 0 Å². The third-order valence-electron chi connectivity index (χ3n) is 2.67. The van der Waals surface area contributed by atoms with Gasteiger partial charge in [0.25, 0.3) is 0 Å². The number of nitrogens with one attached hydrogen (secondary N) is 1. The maximum absolute atomic E-state index is 6.22. The van der Waals surface area contributed by atoms with Crippen molar-refractivity contribution in [3.63, 3.8) is 0 Å². The molecule has 0 atom stereocenters. The minimum atomic E-state index is 0.226. The maximum atomic E-state index is 6.22. The Morgan fingerprint density at radius 2 is 1.65 bits per heavy atom. The van der Waals surface area contributed by atoms with Crippen LogP contribution in [0, 0.1) is 0 Å². The highest BCUT2D eigenvalue weighted by Crippen LogP contribution is 2.37. The van der Waals surface area contributed by atoms with E-state index in [-0.39, 0.29) is 10.3 Å². The largest absolute Gasteiger partial charge is 0.342 e. The summed E-state index contributed by atoms with van der Waals surface area (Å²) >= 11 is 18.6. The third kappa shape index (κ3) is 2.38. The van der Waals surface area contributed by atoms with Gasteiger partial charge in [-0.1, -0.05) is 53.0 Å². The molecule has 7 heteroatoms. The average Bonchev–Trinajstić information content (AvgIpc) is 2.94. The predicted molar refractivity (Wildman–Crippen MR) is 80.1 cm³/mol. The van der Waals surface area contributed by atoms with Crippen LogP contribution >= 0.6 is 34.8 Å². The standard InChI is InChI=1S/C13H7Cl3N4/c14-8-4-2-1-3-7(8)9-10(15)19-13(20-11(9)16)12-17-5-6-18-12/h1-6H,(H,17,18). The molecule has 0 saturated heterocycles. The lowest BCUT2D eigenvalue weighted by atomic mass is 10.1. The number of benzene rings is 1. The van der Waals surface area contributed by atoms with Crippen LogP contribution in [0.3, 0.4) is 0 Å². The van der Waals surface area contributed by atoms with Crippen LogP contribution in [0.4, 0.5) is 0 Å². The van der Waals surface area contributed by atoms with Crippen molar-refractivity contribution in [2.75, 3.05) is 0 Å².